The van der Waals surface area contributed by atoms with Gasteiger partial charge in [-0.15, -0.1) is 0 Å². The lowest BCUT2D eigenvalue weighted by molar-refractivity contribution is 0.191. The summed E-state index contributed by atoms with van der Waals surface area (Å²) in [7, 11) is -7.20. The minimum Gasteiger partial charge on any atom is -0.299 e. The molecule has 1 aliphatic heterocycles. The predicted molar refractivity (Wildman–Crippen MR) is 138 cm³/mol. The molecule has 1 aliphatic rings. The van der Waals surface area contributed by atoms with Crippen molar-refractivity contribution in [1.29, 1.82) is 0 Å². The maximum Gasteiger partial charge on any atom is 0.243 e. The Morgan fingerprint density at radius 1 is 0.629 bits per heavy atom. The first-order valence-corrected chi connectivity index (χ1v) is 14.5. The molecule has 0 unspecified atom stereocenters. The van der Waals surface area contributed by atoms with E-state index in [1.165, 1.54) is 4.31 Å². The lowest BCUT2D eigenvalue weighted by atomic mass is 10.1. The average molecular weight is 510 g/mol. The van der Waals surface area contributed by atoms with Crippen LogP contribution in [0, 0.1) is 0 Å². The Labute approximate surface area is 206 Å². The molecule has 0 amide bonds. The van der Waals surface area contributed by atoms with Gasteiger partial charge in [-0.3, -0.25) is 4.90 Å². The van der Waals surface area contributed by atoms with Crippen LogP contribution in [0.2, 0.25) is 0 Å². The number of nitrogens with one attached hydrogen (secondary N) is 1. The maximum absolute atomic E-state index is 13.1. The van der Waals surface area contributed by atoms with E-state index in [0.29, 0.717) is 37.6 Å². The summed E-state index contributed by atoms with van der Waals surface area (Å²) in [6.45, 7) is 2.59. The summed E-state index contributed by atoms with van der Waals surface area (Å²) >= 11 is 0. The molecule has 1 N–H and O–H groups in total. The fraction of sp³-hybridized carbons (Fsp3) is 0.231. The molecule has 0 radical (unpaired) electrons. The number of fused-ring (bicyclic) bond motifs is 2. The summed E-state index contributed by atoms with van der Waals surface area (Å²) in [6, 6.07) is 25.6. The molecule has 0 aliphatic carbocycles. The molecule has 35 heavy (non-hydrogen) atoms. The molecule has 1 saturated heterocycles. The largest absolute Gasteiger partial charge is 0.299 e. The van der Waals surface area contributed by atoms with E-state index in [1.807, 2.05) is 54.6 Å². The van der Waals surface area contributed by atoms with E-state index in [2.05, 4.69) is 9.62 Å². The van der Waals surface area contributed by atoms with Crippen molar-refractivity contribution < 1.29 is 16.8 Å². The lowest BCUT2D eigenvalue weighted by Crippen LogP contribution is -2.50. The highest BCUT2D eigenvalue weighted by atomic mass is 32.2. The van der Waals surface area contributed by atoms with E-state index in [-0.39, 0.29) is 11.4 Å². The Morgan fingerprint density at radius 2 is 1.14 bits per heavy atom. The standard InChI is InChI=1S/C26H27N3O4S2/c30-34(31,25-11-9-21-5-1-3-7-23(21)19-25)27-13-14-28-15-17-29(18-16-28)35(32,33)26-12-10-22-6-2-4-8-24(22)20-26/h1-12,19-20,27H,13-18H2. The van der Waals surface area contributed by atoms with Crippen LogP contribution in [-0.2, 0) is 20.0 Å². The molecule has 4 aromatic carbocycles. The van der Waals surface area contributed by atoms with Gasteiger partial charge in [0.15, 0.2) is 0 Å². The third-order valence-electron chi connectivity index (χ3n) is 6.44. The fourth-order valence-corrected chi connectivity index (χ4v) is 6.94. The zero-order valence-corrected chi connectivity index (χ0v) is 20.8. The van der Waals surface area contributed by atoms with E-state index in [1.54, 1.807) is 30.3 Å². The molecule has 4 aromatic rings. The molecule has 0 bridgehead atoms. The van der Waals surface area contributed by atoms with Gasteiger partial charge in [0.2, 0.25) is 20.0 Å². The summed E-state index contributed by atoms with van der Waals surface area (Å²) in [4.78, 5) is 2.62. The van der Waals surface area contributed by atoms with Crippen molar-refractivity contribution in [3.63, 3.8) is 0 Å². The van der Waals surface area contributed by atoms with Gasteiger partial charge in [0.1, 0.15) is 0 Å². The van der Waals surface area contributed by atoms with Crippen LogP contribution in [0.15, 0.2) is 94.7 Å². The van der Waals surface area contributed by atoms with Gasteiger partial charge in [0.25, 0.3) is 0 Å². The van der Waals surface area contributed by atoms with Crippen LogP contribution in [0.5, 0.6) is 0 Å². The third kappa shape index (κ3) is 5.10. The Balaban J connectivity index is 1.16. The number of sulfonamides is 2. The Morgan fingerprint density at radius 3 is 1.74 bits per heavy atom. The van der Waals surface area contributed by atoms with Gasteiger partial charge in [0, 0.05) is 39.3 Å². The smallest absolute Gasteiger partial charge is 0.243 e. The number of benzene rings is 4. The van der Waals surface area contributed by atoms with Gasteiger partial charge >= 0.3 is 0 Å². The molecule has 5 rings (SSSR count). The van der Waals surface area contributed by atoms with Crippen LogP contribution < -0.4 is 4.72 Å². The van der Waals surface area contributed by atoms with Crippen LogP contribution in [-0.4, -0.2) is 65.3 Å². The van der Waals surface area contributed by atoms with Gasteiger partial charge in [0.05, 0.1) is 9.79 Å². The van der Waals surface area contributed by atoms with Gasteiger partial charge in [-0.1, -0.05) is 60.7 Å². The summed E-state index contributed by atoms with van der Waals surface area (Å²) in [5, 5.41) is 3.76. The fourth-order valence-electron chi connectivity index (χ4n) is 4.43. The zero-order valence-electron chi connectivity index (χ0n) is 19.2. The molecule has 1 fully saturated rings. The van der Waals surface area contributed by atoms with E-state index < -0.39 is 20.0 Å². The average Bonchev–Trinajstić information content (AvgIpc) is 2.88. The van der Waals surface area contributed by atoms with Crippen LogP contribution in [0.4, 0.5) is 0 Å². The number of rotatable bonds is 7. The second-order valence-corrected chi connectivity index (χ2v) is 12.4. The highest BCUT2D eigenvalue weighted by molar-refractivity contribution is 7.89. The van der Waals surface area contributed by atoms with E-state index >= 15 is 0 Å². The van der Waals surface area contributed by atoms with Crippen molar-refractivity contribution in [2.75, 3.05) is 39.3 Å². The number of piperazine rings is 1. The van der Waals surface area contributed by atoms with Crippen LogP contribution >= 0.6 is 0 Å². The minimum atomic E-state index is -3.62. The summed E-state index contributed by atoms with van der Waals surface area (Å²) in [5.41, 5.74) is 0. The third-order valence-corrected chi connectivity index (χ3v) is 9.79. The van der Waals surface area contributed by atoms with Gasteiger partial charge < -0.3 is 0 Å². The van der Waals surface area contributed by atoms with Crippen molar-refractivity contribution in [1.82, 2.24) is 13.9 Å². The molecule has 7 nitrogen and oxygen atoms in total. The second kappa shape index (κ2) is 9.67. The van der Waals surface area contributed by atoms with E-state index in [4.69, 9.17) is 0 Å². The summed E-state index contributed by atoms with van der Waals surface area (Å²) < 4.78 is 55.9. The molecule has 0 aromatic heterocycles. The normalized spacial score (nSPS) is 16.1. The Bertz CT molecular complexity index is 1580. The molecular formula is C26H27N3O4S2. The van der Waals surface area contributed by atoms with Crippen molar-refractivity contribution in [3.8, 4) is 0 Å². The molecular weight excluding hydrogens is 482 g/mol. The summed E-state index contributed by atoms with van der Waals surface area (Å²) in [5.74, 6) is 0. The van der Waals surface area contributed by atoms with Crippen molar-refractivity contribution >= 4 is 41.6 Å². The van der Waals surface area contributed by atoms with E-state index in [9.17, 15) is 16.8 Å². The molecule has 0 spiro atoms. The first-order chi connectivity index (χ1) is 16.8. The van der Waals surface area contributed by atoms with Gasteiger partial charge in [-0.2, -0.15) is 4.31 Å². The maximum atomic E-state index is 13.1. The zero-order chi connectivity index (χ0) is 24.5. The first kappa shape index (κ1) is 23.9. The minimum absolute atomic E-state index is 0.238. The molecule has 0 atom stereocenters. The first-order valence-electron chi connectivity index (χ1n) is 11.5. The SMILES string of the molecule is O=S(=O)(NCCN1CCN(S(=O)(=O)c2ccc3ccccc3c2)CC1)c1ccc2ccccc2c1. The van der Waals surface area contributed by atoms with Crippen molar-refractivity contribution in [2.45, 2.75) is 9.79 Å². The Hall–Kier alpha value is -2.82. The second-order valence-electron chi connectivity index (χ2n) is 8.66. The van der Waals surface area contributed by atoms with Crippen LogP contribution in [0.1, 0.15) is 0 Å². The van der Waals surface area contributed by atoms with Crippen LogP contribution in [0.3, 0.4) is 0 Å². The van der Waals surface area contributed by atoms with E-state index in [0.717, 1.165) is 21.5 Å². The predicted octanol–water partition coefficient (Wildman–Crippen LogP) is 3.28. The quantitative estimate of drug-likeness (QED) is 0.413. The van der Waals surface area contributed by atoms with Crippen molar-refractivity contribution in [3.05, 3.63) is 84.9 Å². The monoisotopic (exact) mass is 509 g/mol. The number of hydrogen-bond acceptors (Lipinski definition) is 5. The highest BCUT2D eigenvalue weighted by Gasteiger charge is 2.28. The van der Waals surface area contributed by atoms with Crippen molar-refractivity contribution in [2.24, 2.45) is 0 Å². The number of nitrogens with zero attached hydrogens (tertiary/aromatic N) is 2. The topological polar surface area (TPSA) is 86.8 Å². The highest BCUT2D eigenvalue weighted by Crippen LogP contribution is 2.23. The molecule has 9 heteroatoms. The molecule has 0 saturated carbocycles. The van der Waals surface area contributed by atoms with Crippen LogP contribution in [0.25, 0.3) is 21.5 Å². The molecule has 1 heterocycles. The number of hydrogen-bond donors (Lipinski definition) is 1. The lowest BCUT2D eigenvalue weighted by Gasteiger charge is -2.34. The van der Waals surface area contributed by atoms with Gasteiger partial charge in [-0.25, -0.2) is 21.6 Å². The molecule has 182 valence electrons. The summed E-state index contributed by atoms with van der Waals surface area (Å²) in [6.07, 6.45) is 0. The Kier molecular flexibility index (Phi) is 6.61. The van der Waals surface area contributed by atoms with Gasteiger partial charge in [-0.05, 0) is 45.8 Å².